The third-order valence-corrected chi connectivity index (χ3v) is 6.96. The van der Waals surface area contributed by atoms with Gasteiger partial charge in [0.1, 0.15) is 0 Å². The van der Waals surface area contributed by atoms with Crippen molar-refractivity contribution < 1.29 is 17.9 Å². The van der Waals surface area contributed by atoms with Crippen LogP contribution in [0.25, 0.3) is 0 Å². The standard InChI is InChI=1S/C13H12Cl2N4O4S2/c14-8-1-2-9(10(15)7-8)11(20)16-12-17-18-13(24-12)25(21,22)19-3-5-23-6-4-19/h1-2,7H,3-6H2,(H,16,17,20). The molecule has 2 aromatic rings. The maximum absolute atomic E-state index is 12.5. The Morgan fingerprint density at radius 1 is 1.24 bits per heavy atom. The molecule has 1 amide bonds. The second-order valence-electron chi connectivity index (χ2n) is 4.97. The van der Waals surface area contributed by atoms with Crippen molar-refractivity contribution >= 4 is 55.6 Å². The number of hydrogen-bond acceptors (Lipinski definition) is 7. The molecule has 1 saturated heterocycles. The third-order valence-electron chi connectivity index (χ3n) is 3.33. The fourth-order valence-electron chi connectivity index (χ4n) is 2.10. The molecule has 3 rings (SSSR count). The van der Waals surface area contributed by atoms with Crippen molar-refractivity contribution in [3.05, 3.63) is 33.8 Å². The van der Waals surface area contributed by atoms with E-state index in [1.807, 2.05) is 0 Å². The SMILES string of the molecule is O=C(Nc1nnc(S(=O)(=O)N2CCOCC2)s1)c1ccc(Cl)cc1Cl. The zero-order valence-electron chi connectivity index (χ0n) is 12.6. The number of hydrogen-bond donors (Lipinski definition) is 1. The van der Waals surface area contributed by atoms with E-state index in [-0.39, 0.29) is 33.1 Å². The summed E-state index contributed by atoms with van der Waals surface area (Å²) in [4.78, 5) is 12.2. The average Bonchev–Trinajstić information content (AvgIpc) is 3.05. The smallest absolute Gasteiger partial charge is 0.272 e. The summed E-state index contributed by atoms with van der Waals surface area (Å²) in [6.45, 7) is 1.17. The molecule has 2 heterocycles. The predicted molar refractivity (Wildman–Crippen MR) is 93.9 cm³/mol. The largest absolute Gasteiger partial charge is 0.379 e. The lowest BCUT2D eigenvalue weighted by atomic mass is 10.2. The molecule has 0 atom stereocenters. The number of amides is 1. The lowest BCUT2D eigenvalue weighted by Gasteiger charge is -2.24. The van der Waals surface area contributed by atoms with Gasteiger partial charge in [-0.25, -0.2) is 8.42 Å². The van der Waals surface area contributed by atoms with Gasteiger partial charge in [-0.3, -0.25) is 10.1 Å². The minimum Gasteiger partial charge on any atom is -0.379 e. The Labute approximate surface area is 157 Å². The van der Waals surface area contributed by atoms with Gasteiger partial charge in [0.15, 0.2) is 0 Å². The molecule has 0 bridgehead atoms. The first-order chi connectivity index (χ1) is 11.9. The first-order valence-electron chi connectivity index (χ1n) is 7.06. The number of morpholine rings is 1. The van der Waals surface area contributed by atoms with E-state index < -0.39 is 15.9 Å². The van der Waals surface area contributed by atoms with E-state index in [2.05, 4.69) is 15.5 Å². The molecule has 0 unspecified atom stereocenters. The van der Waals surface area contributed by atoms with E-state index >= 15 is 0 Å². The van der Waals surface area contributed by atoms with Crippen molar-refractivity contribution in [2.45, 2.75) is 4.34 Å². The van der Waals surface area contributed by atoms with Gasteiger partial charge >= 0.3 is 0 Å². The maximum atomic E-state index is 12.5. The van der Waals surface area contributed by atoms with Crippen LogP contribution in [0, 0.1) is 0 Å². The average molecular weight is 423 g/mol. The molecule has 0 saturated carbocycles. The van der Waals surface area contributed by atoms with Crippen LogP contribution in [-0.4, -0.2) is 55.1 Å². The van der Waals surface area contributed by atoms with Crippen LogP contribution in [0.5, 0.6) is 0 Å². The Bertz CT molecular complexity index is 897. The molecule has 1 aromatic heterocycles. The van der Waals surface area contributed by atoms with Crippen molar-refractivity contribution in [3.63, 3.8) is 0 Å². The molecule has 134 valence electrons. The van der Waals surface area contributed by atoms with Gasteiger partial charge in [-0.1, -0.05) is 34.5 Å². The molecule has 0 radical (unpaired) electrons. The molecule has 1 aliphatic rings. The van der Waals surface area contributed by atoms with Gasteiger partial charge in [-0.15, -0.1) is 10.2 Å². The van der Waals surface area contributed by atoms with Crippen molar-refractivity contribution in [1.82, 2.24) is 14.5 Å². The molecule has 25 heavy (non-hydrogen) atoms. The first-order valence-corrected chi connectivity index (χ1v) is 10.1. The Morgan fingerprint density at radius 2 is 1.96 bits per heavy atom. The van der Waals surface area contributed by atoms with E-state index in [0.29, 0.717) is 18.2 Å². The summed E-state index contributed by atoms with van der Waals surface area (Å²) < 4.78 is 31.2. The van der Waals surface area contributed by atoms with Gasteiger partial charge < -0.3 is 4.74 Å². The fraction of sp³-hybridized carbons (Fsp3) is 0.308. The van der Waals surface area contributed by atoms with E-state index in [0.717, 1.165) is 11.3 Å². The Hall–Kier alpha value is -1.30. The number of ether oxygens (including phenoxy) is 1. The number of carbonyl (C=O) groups is 1. The monoisotopic (exact) mass is 422 g/mol. The molecule has 12 heteroatoms. The first kappa shape index (κ1) is 18.5. The van der Waals surface area contributed by atoms with E-state index in [4.69, 9.17) is 27.9 Å². The number of halogens is 2. The highest BCUT2D eigenvalue weighted by Gasteiger charge is 2.30. The van der Waals surface area contributed by atoms with Crippen LogP contribution < -0.4 is 5.32 Å². The van der Waals surface area contributed by atoms with Gasteiger partial charge in [0.2, 0.25) is 9.47 Å². The summed E-state index contributed by atoms with van der Waals surface area (Å²) in [6, 6.07) is 4.43. The fourth-order valence-corrected chi connectivity index (χ4v) is 5.04. The molecule has 0 spiro atoms. The molecular formula is C13H12Cl2N4O4S2. The van der Waals surface area contributed by atoms with Crippen molar-refractivity contribution in [2.24, 2.45) is 0 Å². The Kier molecular flexibility index (Phi) is 5.56. The minimum atomic E-state index is -3.75. The summed E-state index contributed by atoms with van der Waals surface area (Å²) >= 11 is 12.5. The van der Waals surface area contributed by atoms with Crippen molar-refractivity contribution in [1.29, 1.82) is 0 Å². The number of carbonyl (C=O) groups excluding carboxylic acids is 1. The van der Waals surface area contributed by atoms with Gasteiger partial charge in [0.25, 0.3) is 15.9 Å². The number of aromatic nitrogens is 2. The number of benzene rings is 1. The lowest BCUT2D eigenvalue weighted by Crippen LogP contribution is -2.40. The molecule has 1 N–H and O–H groups in total. The molecule has 1 aromatic carbocycles. The number of rotatable bonds is 4. The van der Waals surface area contributed by atoms with E-state index in [9.17, 15) is 13.2 Å². The second kappa shape index (κ2) is 7.52. The molecule has 0 aliphatic carbocycles. The minimum absolute atomic E-state index is 0.0582. The molecule has 1 fully saturated rings. The van der Waals surface area contributed by atoms with Crippen LogP contribution in [0.2, 0.25) is 10.0 Å². The normalized spacial score (nSPS) is 15.9. The van der Waals surface area contributed by atoms with Crippen LogP contribution in [0.15, 0.2) is 22.5 Å². The van der Waals surface area contributed by atoms with Gasteiger partial charge in [-0.05, 0) is 18.2 Å². The molecule has 8 nitrogen and oxygen atoms in total. The number of anilines is 1. The van der Waals surface area contributed by atoms with Crippen LogP contribution in [0.1, 0.15) is 10.4 Å². The van der Waals surface area contributed by atoms with E-state index in [1.165, 1.54) is 22.5 Å². The zero-order chi connectivity index (χ0) is 18.0. The van der Waals surface area contributed by atoms with Crippen LogP contribution >= 0.6 is 34.5 Å². The summed E-state index contributed by atoms with van der Waals surface area (Å²) in [5.41, 5.74) is 0.193. The summed E-state index contributed by atoms with van der Waals surface area (Å²) in [7, 11) is -3.75. The predicted octanol–water partition coefficient (Wildman–Crippen LogP) is 2.12. The maximum Gasteiger partial charge on any atom is 0.272 e. The van der Waals surface area contributed by atoms with Gasteiger partial charge in [0.05, 0.1) is 23.8 Å². The third kappa shape index (κ3) is 4.10. The van der Waals surface area contributed by atoms with Gasteiger partial charge in [0, 0.05) is 18.1 Å². The number of nitrogens with zero attached hydrogens (tertiary/aromatic N) is 3. The van der Waals surface area contributed by atoms with E-state index in [1.54, 1.807) is 0 Å². The molecular weight excluding hydrogens is 411 g/mol. The second-order valence-corrected chi connectivity index (χ2v) is 8.90. The van der Waals surface area contributed by atoms with Crippen LogP contribution in [0.3, 0.4) is 0 Å². The highest BCUT2D eigenvalue weighted by atomic mass is 35.5. The highest BCUT2D eigenvalue weighted by Crippen LogP contribution is 2.26. The van der Waals surface area contributed by atoms with Crippen LogP contribution in [0.4, 0.5) is 5.13 Å². The zero-order valence-corrected chi connectivity index (χ0v) is 15.8. The Balaban J connectivity index is 1.76. The summed E-state index contributed by atoms with van der Waals surface area (Å²) in [6.07, 6.45) is 0. The Morgan fingerprint density at radius 3 is 2.64 bits per heavy atom. The number of sulfonamides is 1. The number of nitrogens with one attached hydrogen (secondary N) is 1. The van der Waals surface area contributed by atoms with Crippen molar-refractivity contribution in [3.8, 4) is 0 Å². The topological polar surface area (TPSA) is 101 Å². The van der Waals surface area contributed by atoms with Crippen LogP contribution in [-0.2, 0) is 14.8 Å². The highest BCUT2D eigenvalue weighted by molar-refractivity contribution is 7.91. The molecule has 1 aliphatic heterocycles. The van der Waals surface area contributed by atoms with Crippen molar-refractivity contribution in [2.75, 3.05) is 31.6 Å². The lowest BCUT2D eigenvalue weighted by molar-refractivity contribution is 0.0730. The van der Waals surface area contributed by atoms with Gasteiger partial charge in [-0.2, -0.15) is 4.31 Å². The summed E-state index contributed by atoms with van der Waals surface area (Å²) in [5, 5.41) is 10.5. The summed E-state index contributed by atoms with van der Waals surface area (Å²) in [5.74, 6) is -0.534. The quantitative estimate of drug-likeness (QED) is 0.756.